The van der Waals surface area contributed by atoms with Crippen molar-refractivity contribution in [3.8, 4) is 0 Å². The fourth-order valence-corrected chi connectivity index (χ4v) is 1.79. The Hall–Kier alpha value is -1.03. The van der Waals surface area contributed by atoms with Crippen LogP contribution in [-0.2, 0) is 0 Å². The Labute approximate surface area is 81.4 Å². The maximum atomic E-state index is 13.8. The van der Waals surface area contributed by atoms with Gasteiger partial charge >= 0.3 is 0 Å². The Balaban J connectivity index is 2.17. The minimum atomic E-state index is -1.26. The summed E-state index contributed by atoms with van der Waals surface area (Å²) in [5, 5.41) is 3.02. The number of halogens is 2. The van der Waals surface area contributed by atoms with E-state index >= 15 is 0 Å². The van der Waals surface area contributed by atoms with Gasteiger partial charge in [0.05, 0.1) is 6.20 Å². The summed E-state index contributed by atoms with van der Waals surface area (Å²) in [6.07, 6.45) is 2.93. The van der Waals surface area contributed by atoms with Gasteiger partial charge < -0.3 is 5.32 Å². The predicted molar refractivity (Wildman–Crippen MR) is 49.1 cm³/mol. The van der Waals surface area contributed by atoms with Crippen molar-refractivity contribution >= 4 is 0 Å². The molecule has 1 aliphatic heterocycles. The average Bonchev–Trinajstić information content (AvgIpc) is 2.70. The van der Waals surface area contributed by atoms with E-state index in [4.69, 9.17) is 0 Å². The quantitative estimate of drug-likeness (QED) is 0.786. The van der Waals surface area contributed by atoms with Crippen LogP contribution in [0, 0.1) is 5.82 Å². The first-order valence-corrected chi connectivity index (χ1v) is 4.76. The predicted octanol–water partition coefficient (Wildman–Crippen LogP) is 1.98. The van der Waals surface area contributed by atoms with Gasteiger partial charge in [-0.1, -0.05) is 0 Å². The molecule has 1 N–H and O–H groups in total. The van der Waals surface area contributed by atoms with Crippen molar-refractivity contribution in [3.63, 3.8) is 0 Å². The highest BCUT2D eigenvalue weighted by atomic mass is 19.1. The van der Waals surface area contributed by atoms with Crippen molar-refractivity contribution in [1.29, 1.82) is 0 Å². The Kier molecular flexibility index (Phi) is 2.72. The molecule has 76 valence electrons. The number of aromatic nitrogens is 1. The highest BCUT2D eigenvalue weighted by Gasteiger charge is 2.27. The Morgan fingerprint density at radius 3 is 3.07 bits per heavy atom. The number of hydrogen-bond donors (Lipinski definition) is 1. The largest absolute Gasteiger partial charge is 0.311 e. The summed E-state index contributed by atoms with van der Waals surface area (Å²) in [6, 6.07) is 1.16. The van der Waals surface area contributed by atoms with Gasteiger partial charge in [-0.25, -0.2) is 8.78 Å². The fraction of sp³-hybridized carbons (Fsp3) is 0.500. The van der Waals surface area contributed by atoms with Gasteiger partial charge in [0.1, 0.15) is 12.0 Å². The Morgan fingerprint density at radius 2 is 2.43 bits per heavy atom. The van der Waals surface area contributed by atoms with Crippen LogP contribution >= 0.6 is 0 Å². The normalized spacial score (nSPS) is 23.7. The molecule has 0 aromatic carbocycles. The van der Waals surface area contributed by atoms with Crippen molar-refractivity contribution < 1.29 is 8.78 Å². The zero-order chi connectivity index (χ0) is 9.97. The van der Waals surface area contributed by atoms with Crippen LogP contribution in [0.1, 0.15) is 24.6 Å². The molecular formula is C10H12F2N2. The molecule has 1 aromatic rings. The number of alkyl halides is 1. The van der Waals surface area contributed by atoms with Crippen molar-refractivity contribution in [2.75, 3.05) is 6.54 Å². The van der Waals surface area contributed by atoms with E-state index in [0.29, 0.717) is 0 Å². The lowest BCUT2D eigenvalue weighted by Gasteiger charge is -2.16. The first-order valence-electron chi connectivity index (χ1n) is 4.76. The van der Waals surface area contributed by atoms with Crippen molar-refractivity contribution in [2.24, 2.45) is 0 Å². The molecule has 4 heteroatoms. The Morgan fingerprint density at radius 1 is 1.57 bits per heavy atom. The third-order valence-corrected chi connectivity index (χ3v) is 2.55. The highest BCUT2D eigenvalue weighted by Crippen LogP contribution is 2.27. The molecule has 0 saturated carbocycles. The van der Waals surface area contributed by atoms with E-state index in [1.807, 2.05) is 0 Å². The van der Waals surface area contributed by atoms with Crippen LogP contribution in [0.15, 0.2) is 18.5 Å². The lowest BCUT2D eigenvalue weighted by molar-refractivity contribution is 0.263. The maximum Gasteiger partial charge on any atom is 0.147 e. The van der Waals surface area contributed by atoms with E-state index in [1.54, 1.807) is 0 Å². The van der Waals surface area contributed by atoms with Crippen LogP contribution in [0.4, 0.5) is 8.78 Å². The summed E-state index contributed by atoms with van der Waals surface area (Å²) in [7, 11) is 0. The van der Waals surface area contributed by atoms with Crippen LogP contribution in [0.3, 0.4) is 0 Å². The molecule has 0 bridgehead atoms. The van der Waals surface area contributed by atoms with E-state index in [2.05, 4.69) is 10.3 Å². The maximum absolute atomic E-state index is 13.8. The summed E-state index contributed by atoms with van der Waals surface area (Å²) < 4.78 is 26.9. The molecule has 1 aromatic heterocycles. The molecule has 14 heavy (non-hydrogen) atoms. The monoisotopic (exact) mass is 198 g/mol. The number of hydrogen-bond acceptors (Lipinski definition) is 2. The molecule has 2 atom stereocenters. The van der Waals surface area contributed by atoms with Crippen LogP contribution in [0.5, 0.6) is 0 Å². The van der Waals surface area contributed by atoms with Crippen LogP contribution in [0.2, 0.25) is 0 Å². The smallest absolute Gasteiger partial charge is 0.147 e. The number of pyridine rings is 1. The zero-order valence-corrected chi connectivity index (χ0v) is 7.71. The third kappa shape index (κ3) is 1.75. The summed E-state index contributed by atoms with van der Waals surface area (Å²) in [5.41, 5.74) is 0.111. The third-order valence-electron chi connectivity index (χ3n) is 2.55. The van der Waals surface area contributed by atoms with Gasteiger partial charge in [-0.15, -0.1) is 0 Å². The standard InChI is InChI=1S/C10H12F2N2/c11-8-6-13-5-3-7(8)10(12)9-2-1-4-14-9/h3,5-6,9-10,14H,1-2,4H2. The molecule has 0 spiro atoms. The molecule has 2 unspecified atom stereocenters. The second-order valence-corrected chi connectivity index (χ2v) is 3.50. The lowest BCUT2D eigenvalue weighted by Crippen LogP contribution is -2.27. The van der Waals surface area contributed by atoms with Crippen LogP contribution < -0.4 is 5.32 Å². The molecule has 0 aliphatic carbocycles. The van der Waals surface area contributed by atoms with Crippen molar-refractivity contribution in [2.45, 2.75) is 25.1 Å². The molecule has 2 nitrogen and oxygen atoms in total. The fourth-order valence-electron chi connectivity index (χ4n) is 1.79. The summed E-state index contributed by atoms with van der Waals surface area (Å²) >= 11 is 0. The first kappa shape index (κ1) is 9.52. The van der Waals surface area contributed by atoms with Gasteiger partial charge in [0.15, 0.2) is 0 Å². The highest BCUT2D eigenvalue weighted by molar-refractivity contribution is 5.18. The van der Waals surface area contributed by atoms with Gasteiger partial charge in [-0.2, -0.15) is 0 Å². The van der Waals surface area contributed by atoms with Gasteiger partial charge in [0.2, 0.25) is 0 Å². The molecule has 2 heterocycles. The molecule has 1 aliphatic rings. The summed E-state index contributed by atoms with van der Waals surface area (Å²) in [4.78, 5) is 3.59. The number of rotatable bonds is 2. The van der Waals surface area contributed by atoms with E-state index in [-0.39, 0.29) is 11.6 Å². The van der Waals surface area contributed by atoms with Crippen LogP contribution in [-0.4, -0.2) is 17.6 Å². The minimum absolute atomic E-state index is 0.111. The zero-order valence-electron chi connectivity index (χ0n) is 7.71. The van der Waals surface area contributed by atoms with E-state index in [1.165, 1.54) is 12.3 Å². The van der Waals surface area contributed by atoms with Gasteiger partial charge in [-0.3, -0.25) is 4.98 Å². The Bertz CT molecular complexity index is 311. The van der Waals surface area contributed by atoms with Crippen LogP contribution in [0.25, 0.3) is 0 Å². The summed E-state index contributed by atoms with van der Waals surface area (Å²) in [6.45, 7) is 0.817. The van der Waals surface area contributed by atoms with E-state index in [0.717, 1.165) is 25.6 Å². The van der Waals surface area contributed by atoms with Crippen molar-refractivity contribution in [3.05, 3.63) is 29.8 Å². The SMILES string of the molecule is Fc1cnccc1C(F)C1CCCN1. The van der Waals surface area contributed by atoms with Gasteiger partial charge in [-0.05, 0) is 25.5 Å². The second-order valence-electron chi connectivity index (χ2n) is 3.50. The van der Waals surface area contributed by atoms with Gasteiger partial charge in [0.25, 0.3) is 0 Å². The molecule has 1 saturated heterocycles. The van der Waals surface area contributed by atoms with Crippen molar-refractivity contribution in [1.82, 2.24) is 10.3 Å². The second kappa shape index (κ2) is 4.00. The molecule has 0 amide bonds. The molecule has 0 radical (unpaired) electrons. The van der Waals surface area contributed by atoms with E-state index in [9.17, 15) is 8.78 Å². The van der Waals surface area contributed by atoms with Gasteiger partial charge in [0, 0.05) is 17.8 Å². The van der Waals surface area contributed by atoms with E-state index < -0.39 is 12.0 Å². The average molecular weight is 198 g/mol. The topological polar surface area (TPSA) is 24.9 Å². The first-order chi connectivity index (χ1) is 6.79. The number of nitrogens with zero attached hydrogens (tertiary/aromatic N) is 1. The lowest BCUT2D eigenvalue weighted by atomic mass is 10.0. The molecular weight excluding hydrogens is 186 g/mol. The number of nitrogens with one attached hydrogen (secondary N) is 1. The molecule has 2 rings (SSSR count). The minimum Gasteiger partial charge on any atom is -0.311 e. The summed E-state index contributed by atoms with van der Waals surface area (Å²) in [5.74, 6) is -0.561. The molecule has 1 fully saturated rings.